The van der Waals surface area contributed by atoms with Crippen LogP contribution in [0.25, 0.3) is 0 Å². The number of hydrogen-bond donors (Lipinski definition) is 4. The van der Waals surface area contributed by atoms with Crippen LogP contribution in [0.4, 0.5) is 15.3 Å². The second-order valence-corrected chi connectivity index (χ2v) is 12.2. The molecule has 3 aliphatic rings. The summed E-state index contributed by atoms with van der Waals surface area (Å²) in [7, 11) is 0. The van der Waals surface area contributed by atoms with E-state index in [1.165, 1.54) is 11.8 Å². The molecule has 13 nitrogen and oxygen atoms in total. The third-order valence-corrected chi connectivity index (χ3v) is 9.54. The molecule has 3 heterocycles. The Morgan fingerprint density at radius 3 is 1.98 bits per heavy atom. The van der Waals surface area contributed by atoms with E-state index in [0.717, 1.165) is 11.3 Å². The molecular formula is C33H43N7O6. The van der Waals surface area contributed by atoms with Crippen molar-refractivity contribution in [1.29, 1.82) is 0 Å². The Bertz CT molecular complexity index is 1420. The lowest BCUT2D eigenvalue weighted by atomic mass is 9.81. The highest BCUT2D eigenvalue weighted by Gasteiger charge is 2.53. The zero-order valence-electron chi connectivity index (χ0n) is 26.4. The lowest BCUT2D eigenvalue weighted by Gasteiger charge is -2.43. The molecule has 0 aromatic heterocycles. The lowest BCUT2D eigenvalue weighted by Crippen LogP contribution is -2.60. The number of urea groups is 2. The van der Waals surface area contributed by atoms with Gasteiger partial charge in [-0.2, -0.15) is 0 Å². The van der Waals surface area contributed by atoms with Gasteiger partial charge in [0.15, 0.2) is 0 Å². The van der Waals surface area contributed by atoms with E-state index < -0.39 is 35.2 Å². The van der Waals surface area contributed by atoms with Gasteiger partial charge in [-0.1, -0.05) is 48.5 Å². The van der Waals surface area contributed by atoms with Crippen LogP contribution in [0, 0.1) is 0 Å². The Morgan fingerprint density at radius 1 is 0.848 bits per heavy atom. The highest BCUT2D eigenvalue weighted by atomic mass is 16.4. The fourth-order valence-corrected chi connectivity index (χ4v) is 6.94. The number of carbonyl (C=O) groups excluding carboxylic acids is 4. The van der Waals surface area contributed by atoms with E-state index >= 15 is 0 Å². The molecule has 0 radical (unpaired) electrons. The van der Waals surface area contributed by atoms with Crippen LogP contribution in [0.5, 0.6) is 0 Å². The van der Waals surface area contributed by atoms with Crippen LogP contribution in [-0.2, 0) is 19.9 Å². The molecule has 0 aliphatic carbocycles. The van der Waals surface area contributed by atoms with Crippen molar-refractivity contribution in [3.8, 4) is 0 Å². The number of para-hydroxylation sites is 1. The standard InChI is InChI=1S/C33H43N7O6/c1-3-37-23-40(26-12-8-5-9-13-26)33(29(37)44)16-20-38(21-17-33)30(45)34-22-27(28(42)43)35-31(46)39-18-14-32(15-19-39,36-24(2)41)25-10-6-4-7-11-25/h4-13,27H,3,14-23H2,1-2H3,(H,34,45)(H,35,46)(H,36,41)(H,42,43). The van der Waals surface area contributed by atoms with Gasteiger partial charge < -0.3 is 40.7 Å². The number of likely N-dealkylation sites (N-methyl/N-ethyl adjacent to an activating group) is 1. The Morgan fingerprint density at radius 2 is 1.41 bits per heavy atom. The topological polar surface area (TPSA) is 155 Å². The number of nitrogens with zero attached hydrogens (tertiary/aromatic N) is 4. The zero-order chi connectivity index (χ0) is 32.9. The summed E-state index contributed by atoms with van der Waals surface area (Å²) < 4.78 is 0. The summed E-state index contributed by atoms with van der Waals surface area (Å²) in [5, 5.41) is 18.1. The van der Waals surface area contributed by atoms with E-state index in [-0.39, 0.29) is 18.4 Å². The van der Waals surface area contributed by atoms with Crippen molar-refractivity contribution >= 4 is 35.5 Å². The van der Waals surface area contributed by atoms with Gasteiger partial charge in [-0.3, -0.25) is 9.59 Å². The smallest absolute Gasteiger partial charge is 0.328 e. The number of hydrogen-bond acceptors (Lipinski definition) is 6. The Kier molecular flexibility index (Phi) is 9.68. The Hall–Kier alpha value is -4.81. The maximum Gasteiger partial charge on any atom is 0.328 e. The third kappa shape index (κ3) is 6.58. The van der Waals surface area contributed by atoms with Crippen molar-refractivity contribution in [2.75, 3.05) is 50.8 Å². The van der Waals surface area contributed by atoms with Crippen molar-refractivity contribution in [3.05, 3.63) is 66.2 Å². The summed E-state index contributed by atoms with van der Waals surface area (Å²) in [5.74, 6) is -1.38. The van der Waals surface area contributed by atoms with Crippen molar-refractivity contribution in [2.24, 2.45) is 0 Å². The average molecular weight is 634 g/mol. The summed E-state index contributed by atoms with van der Waals surface area (Å²) in [6, 6.07) is 17.1. The summed E-state index contributed by atoms with van der Waals surface area (Å²) in [4.78, 5) is 70.9. The van der Waals surface area contributed by atoms with E-state index in [1.54, 1.807) is 4.90 Å². The molecule has 3 fully saturated rings. The number of likely N-dealkylation sites (tertiary alicyclic amines) is 2. The number of carboxylic acid groups (broad SMARTS) is 1. The van der Waals surface area contributed by atoms with E-state index in [0.29, 0.717) is 65.1 Å². The first-order chi connectivity index (χ1) is 22.1. The number of amides is 6. The quantitative estimate of drug-likeness (QED) is 0.347. The predicted octanol–water partition coefficient (Wildman–Crippen LogP) is 2.15. The number of anilines is 1. The van der Waals surface area contributed by atoms with Crippen LogP contribution >= 0.6 is 0 Å². The van der Waals surface area contributed by atoms with Crippen molar-refractivity contribution in [3.63, 3.8) is 0 Å². The van der Waals surface area contributed by atoms with Gasteiger partial charge in [0.1, 0.15) is 11.6 Å². The summed E-state index contributed by atoms with van der Waals surface area (Å²) in [5.41, 5.74) is 0.554. The number of aliphatic carboxylic acids is 1. The van der Waals surface area contributed by atoms with E-state index in [1.807, 2.05) is 72.5 Å². The minimum Gasteiger partial charge on any atom is -0.480 e. The summed E-state index contributed by atoms with van der Waals surface area (Å²) in [6.45, 7) is 5.47. The normalized spacial score (nSPS) is 19.5. The average Bonchev–Trinajstić information content (AvgIpc) is 3.33. The van der Waals surface area contributed by atoms with E-state index in [2.05, 4.69) is 20.9 Å². The maximum absolute atomic E-state index is 13.5. The van der Waals surface area contributed by atoms with Crippen LogP contribution in [0.2, 0.25) is 0 Å². The lowest BCUT2D eigenvalue weighted by molar-refractivity contribution is -0.139. The third-order valence-electron chi connectivity index (χ3n) is 9.54. The number of benzene rings is 2. The van der Waals surface area contributed by atoms with Gasteiger partial charge in [-0.25, -0.2) is 14.4 Å². The monoisotopic (exact) mass is 633 g/mol. The minimum atomic E-state index is -1.34. The van der Waals surface area contributed by atoms with Gasteiger partial charge in [0.05, 0.1) is 18.8 Å². The van der Waals surface area contributed by atoms with Gasteiger partial charge in [0.25, 0.3) is 0 Å². The molecule has 5 rings (SSSR count). The van der Waals surface area contributed by atoms with Gasteiger partial charge in [-0.05, 0) is 50.3 Å². The molecule has 6 amide bonds. The molecule has 0 bridgehead atoms. The largest absolute Gasteiger partial charge is 0.480 e. The Balaban J connectivity index is 1.15. The van der Waals surface area contributed by atoms with Crippen LogP contribution in [0.1, 0.15) is 45.1 Å². The molecule has 13 heteroatoms. The maximum atomic E-state index is 13.5. The molecule has 1 unspecified atom stereocenters. The highest BCUT2D eigenvalue weighted by Crippen LogP contribution is 2.39. The number of rotatable bonds is 8. The van der Waals surface area contributed by atoms with Gasteiger partial charge in [-0.15, -0.1) is 0 Å². The molecular weight excluding hydrogens is 590 g/mol. The van der Waals surface area contributed by atoms with E-state index in [4.69, 9.17) is 0 Å². The van der Waals surface area contributed by atoms with Gasteiger partial charge in [0, 0.05) is 45.3 Å². The molecule has 0 saturated carbocycles. The number of nitrogens with one attached hydrogen (secondary N) is 3. The van der Waals surface area contributed by atoms with Crippen molar-refractivity contribution < 1.29 is 29.1 Å². The second kappa shape index (κ2) is 13.7. The Labute approximate surface area is 268 Å². The molecule has 1 spiro atoms. The van der Waals surface area contributed by atoms with E-state index in [9.17, 15) is 29.1 Å². The van der Waals surface area contributed by atoms with Gasteiger partial charge >= 0.3 is 18.0 Å². The molecule has 46 heavy (non-hydrogen) atoms. The van der Waals surface area contributed by atoms with Crippen LogP contribution in [-0.4, -0.2) is 107 Å². The highest BCUT2D eigenvalue weighted by molar-refractivity contribution is 5.94. The predicted molar refractivity (Wildman–Crippen MR) is 171 cm³/mol. The summed E-state index contributed by atoms with van der Waals surface area (Å²) in [6.07, 6.45) is 1.83. The molecule has 3 aliphatic heterocycles. The number of piperidine rings is 2. The number of carbonyl (C=O) groups is 5. The molecule has 1 atom stereocenters. The first-order valence-corrected chi connectivity index (χ1v) is 15.9. The SMILES string of the molecule is CCN1CN(c2ccccc2)C2(CCN(C(=O)NCC(NC(=O)N3CCC(NC(C)=O)(c4ccccc4)CC3)C(=O)O)CC2)C1=O. The minimum absolute atomic E-state index is 0.0587. The molecule has 2 aromatic rings. The fraction of sp³-hybridized carbons (Fsp3) is 0.485. The second-order valence-electron chi connectivity index (χ2n) is 12.2. The number of carboxylic acids is 1. The molecule has 4 N–H and O–H groups in total. The van der Waals surface area contributed by atoms with Crippen molar-refractivity contribution in [1.82, 2.24) is 30.7 Å². The fourth-order valence-electron chi connectivity index (χ4n) is 6.94. The van der Waals surface area contributed by atoms with Gasteiger partial charge in [0.2, 0.25) is 11.8 Å². The van der Waals surface area contributed by atoms with Crippen molar-refractivity contribution in [2.45, 2.75) is 56.7 Å². The first-order valence-electron chi connectivity index (χ1n) is 15.9. The summed E-state index contributed by atoms with van der Waals surface area (Å²) >= 11 is 0. The molecule has 246 valence electrons. The van der Waals surface area contributed by atoms with Crippen LogP contribution < -0.4 is 20.9 Å². The molecule has 3 saturated heterocycles. The van der Waals surface area contributed by atoms with Crippen LogP contribution in [0.15, 0.2) is 60.7 Å². The zero-order valence-corrected chi connectivity index (χ0v) is 26.4. The van der Waals surface area contributed by atoms with Crippen LogP contribution in [0.3, 0.4) is 0 Å². The molecule has 2 aromatic carbocycles. The first kappa shape index (κ1) is 32.6.